The molecule has 106 valence electrons. The highest BCUT2D eigenvalue weighted by Crippen LogP contribution is 2.38. The smallest absolute Gasteiger partial charge is 0.0440 e. The van der Waals surface area contributed by atoms with Crippen molar-refractivity contribution in [3.05, 3.63) is 50.6 Å². The van der Waals surface area contributed by atoms with Crippen molar-refractivity contribution < 1.29 is 0 Å². The minimum Gasteiger partial charge on any atom is -0.364 e. The van der Waals surface area contributed by atoms with Gasteiger partial charge in [0.1, 0.15) is 0 Å². The van der Waals surface area contributed by atoms with Gasteiger partial charge in [0.05, 0.1) is 0 Å². The lowest BCUT2D eigenvalue weighted by Crippen LogP contribution is -2.27. The Kier molecular flexibility index (Phi) is 4.15. The Bertz CT molecular complexity index is 576. The van der Waals surface area contributed by atoms with Gasteiger partial charge < -0.3 is 10.6 Å². The quantitative estimate of drug-likeness (QED) is 0.846. The second kappa shape index (κ2) is 5.88. The molecule has 0 aliphatic heterocycles. The molecule has 1 aromatic heterocycles. The number of nitrogens with zero attached hydrogens (tertiary/aromatic N) is 1. The molecule has 1 unspecified atom stereocenters. The maximum absolute atomic E-state index is 6.16. The Balaban J connectivity index is 1.96. The van der Waals surface area contributed by atoms with E-state index in [2.05, 4.69) is 62.8 Å². The molecule has 1 atom stereocenters. The van der Waals surface area contributed by atoms with Crippen LogP contribution in [-0.4, -0.2) is 6.04 Å². The maximum atomic E-state index is 6.16. The lowest BCUT2D eigenvalue weighted by Gasteiger charge is -2.28. The third-order valence-electron chi connectivity index (χ3n) is 3.71. The SMILES string of the molecule is CC(N)c1ccc(Br)cc1N(Cc1ccsc1)C1CC1. The van der Waals surface area contributed by atoms with Crippen molar-refractivity contribution in [3.8, 4) is 0 Å². The fraction of sp³-hybridized carbons (Fsp3) is 0.375. The molecule has 0 bridgehead atoms. The third-order valence-corrected chi connectivity index (χ3v) is 4.94. The predicted molar refractivity (Wildman–Crippen MR) is 90.3 cm³/mol. The van der Waals surface area contributed by atoms with Gasteiger partial charge in [0.15, 0.2) is 0 Å². The highest BCUT2D eigenvalue weighted by atomic mass is 79.9. The maximum Gasteiger partial charge on any atom is 0.0440 e. The van der Waals surface area contributed by atoms with Crippen LogP contribution in [0.25, 0.3) is 0 Å². The number of halogens is 1. The third kappa shape index (κ3) is 3.08. The molecule has 1 aliphatic carbocycles. The zero-order chi connectivity index (χ0) is 14.1. The van der Waals surface area contributed by atoms with Crippen molar-refractivity contribution in [3.63, 3.8) is 0 Å². The average Bonchev–Trinajstić information content (AvgIpc) is 3.12. The van der Waals surface area contributed by atoms with Crippen LogP contribution in [0, 0.1) is 0 Å². The molecule has 1 aromatic carbocycles. The van der Waals surface area contributed by atoms with Crippen molar-refractivity contribution in [1.82, 2.24) is 0 Å². The first-order valence-corrected chi connectivity index (χ1v) is 8.71. The number of thiophene rings is 1. The first kappa shape index (κ1) is 14.1. The molecule has 1 fully saturated rings. The van der Waals surface area contributed by atoms with Gasteiger partial charge in [-0.15, -0.1) is 0 Å². The molecular weight excluding hydrogens is 332 g/mol. The fourth-order valence-corrected chi connectivity index (χ4v) is 3.54. The van der Waals surface area contributed by atoms with Gasteiger partial charge in [-0.05, 0) is 59.9 Å². The van der Waals surface area contributed by atoms with Crippen LogP contribution in [0.5, 0.6) is 0 Å². The summed E-state index contributed by atoms with van der Waals surface area (Å²) in [5.74, 6) is 0. The highest BCUT2D eigenvalue weighted by molar-refractivity contribution is 9.10. The minimum atomic E-state index is 0.0572. The lowest BCUT2D eigenvalue weighted by molar-refractivity contribution is 0.759. The second-order valence-corrected chi connectivity index (χ2v) is 7.18. The summed E-state index contributed by atoms with van der Waals surface area (Å²) in [6.07, 6.45) is 2.57. The van der Waals surface area contributed by atoms with Crippen LogP contribution in [0.2, 0.25) is 0 Å². The van der Waals surface area contributed by atoms with E-state index in [1.165, 1.54) is 29.7 Å². The molecule has 1 saturated carbocycles. The van der Waals surface area contributed by atoms with Crippen molar-refractivity contribution in [2.45, 2.75) is 38.4 Å². The van der Waals surface area contributed by atoms with E-state index >= 15 is 0 Å². The number of nitrogens with two attached hydrogens (primary N) is 1. The first-order chi connectivity index (χ1) is 9.65. The first-order valence-electron chi connectivity index (χ1n) is 6.98. The van der Waals surface area contributed by atoms with E-state index in [4.69, 9.17) is 5.73 Å². The van der Waals surface area contributed by atoms with Gasteiger partial charge in [-0.3, -0.25) is 0 Å². The van der Waals surface area contributed by atoms with Crippen LogP contribution >= 0.6 is 27.3 Å². The van der Waals surface area contributed by atoms with E-state index in [1.54, 1.807) is 11.3 Å². The number of anilines is 1. The molecule has 2 nitrogen and oxygen atoms in total. The topological polar surface area (TPSA) is 29.3 Å². The van der Waals surface area contributed by atoms with Crippen molar-refractivity contribution in [1.29, 1.82) is 0 Å². The highest BCUT2D eigenvalue weighted by Gasteiger charge is 2.31. The van der Waals surface area contributed by atoms with E-state index in [9.17, 15) is 0 Å². The summed E-state index contributed by atoms with van der Waals surface area (Å²) in [6, 6.07) is 9.38. The molecule has 0 saturated heterocycles. The van der Waals surface area contributed by atoms with E-state index in [0.717, 1.165) is 11.0 Å². The molecule has 4 heteroatoms. The van der Waals surface area contributed by atoms with Gasteiger partial charge in [-0.25, -0.2) is 0 Å². The number of benzene rings is 1. The van der Waals surface area contributed by atoms with Gasteiger partial charge in [0, 0.05) is 28.8 Å². The van der Waals surface area contributed by atoms with Crippen LogP contribution in [0.15, 0.2) is 39.5 Å². The fourth-order valence-electron chi connectivity index (χ4n) is 2.53. The van der Waals surface area contributed by atoms with Crippen molar-refractivity contribution in [2.75, 3.05) is 4.90 Å². The zero-order valence-corrected chi connectivity index (χ0v) is 14.0. The normalized spacial score (nSPS) is 16.1. The molecule has 20 heavy (non-hydrogen) atoms. The molecular formula is C16H19BrN2S. The van der Waals surface area contributed by atoms with Crippen LogP contribution < -0.4 is 10.6 Å². The summed E-state index contributed by atoms with van der Waals surface area (Å²) < 4.78 is 1.12. The molecule has 3 rings (SSSR count). The lowest BCUT2D eigenvalue weighted by atomic mass is 10.1. The number of rotatable bonds is 5. The monoisotopic (exact) mass is 350 g/mol. The van der Waals surface area contributed by atoms with E-state index in [-0.39, 0.29) is 6.04 Å². The van der Waals surface area contributed by atoms with Crippen molar-refractivity contribution in [2.24, 2.45) is 5.73 Å². The Labute approximate surface area is 132 Å². The molecule has 0 spiro atoms. The number of hydrogen-bond acceptors (Lipinski definition) is 3. The molecule has 2 N–H and O–H groups in total. The van der Waals surface area contributed by atoms with Crippen LogP contribution in [-0.2, 0) is 6.54 Å². The van der Waals surface area contributed by atoms with Gasteiger partial charge in [0.25, 0.3) is 0 Å². The summed E-state index contributed by atoms with van der Waals surface area (Å²) >= 11 is 5.36. The molecule has 0 amide bonds. The Morgan fingerprint density at radius 1 is 1.40 bits per heavy atom. The summed E-state index contributed by atoms with van der Waals surface area (Å²) in [4.78, 5) is 2.52. The van der Waals surface area contributed by atoms with E-state index in [1.807, 2.05) is 0 Å². The molecule has 0 radical (unpaired) electrons. The minimum absolute atomic E-state index is 0.0572. The summed E-state index contributed by atoms with van der Waals surface area (Å²) in [7, 11) is 0. The van der Waals surface area contributed by atoms with Gasteiger partial charge >= 0.3 is 0 Å². The average molecular weight is 351 g/mol. The van der Waals surface area contributed by atoms with Crippen LogP contribution in [0.3, 0.4) is 0 Å². The van der Waals surface area contributed by atoms with Gasteiger partial charge in [-0.1, -0.05) is 22.0 Å². The largest absolute Gasteiger partial charge is 0.364 e. The van der Waals surface area contributed by atoms with Gasteiger partial charge in [-0.2, -0.15) is 11.3 Å². The van der Waals surface area contributed by atoms with E-state index in [0.29, 0.717) is 6.04 Å². The summed E-state index contributed by atoms with van der Waals surface area (Å²) in [6.45, 7) is 3.03. The summed E-state index contributed by atoms with van der Waals surface area (Å²) in [5, 5.41) is 4.38. The molecule has 2 aromatic rings. The molecule has 1 heterocycles. The van der Waals surface area contributed by atoms with Crippen molar-refractivity contribution >= 4 is 33.0 Å². The van der Waals surface area contributed by atoms with Crippen LogP contribution in [0.4, 0.5) is 5.69 Å². The summed E-state index contributed by atoms with van der Waals surface area (Å²) in [5.41, 5.74) is 10.1. The predicted octanol–water partition coefficient (Wildman–Crippen LogP) is 4.70. The zero-order valence-electron chi connectivity index (χ0n) is 11.6. The second-order valence-electron chi connectivity index (χ2n) is 5.48. The Morgan fingerprint density at radius 3 is 2.80 bits per heavy atom. The Hall–Kier alpha value is -0.840. The van der Waals surface area contributed by atoms with Crippen LogP contribution in [0.1, 0.15) is 36.9 Å². The molecule has 1 aliphatic rings. The standard InChI is InChI=1S/C16H19BrN2S/c1-11(18)15-5-2-13(17)8-16(15)19(14-3-4-14)9-12-6-7-20-10-12/h2,5-8,10-11,14H,3-4,9,18H2,1H3. The Morgan fingerprint density at radius 2 is 2.20 bits per heavy atom. The van der Waals surface area contributed by atoms with Gasteiger partial charge in [0.2, 0.25) is 0 Å². The number of hydrogen-bond donors (Lipinski definition) is 1. The van der Waals surface area contributed by atoms with E-state index < -0.39 is 0 Å².